The molecule has 3 heterocycles. The SMILES string of the molecule is O=C(Cc1cnc2sc(CN3CCOCC3)cn2c1=O)NCc1ccc(Cl)cc1. The van der Waals surface area contributed by atoms with Crippen LogP contribution in [0.1, 0.15) is 16.0 Å². The normalized spacial score (nSPS) is 14.9. The van der Waals surface area contributed by atoms with E-state index in [0.717, 1.165) is 43.3 Å². The number of nitrogens with one attached hydrogen (secondary N) is 1. The van der Waals surface area contributed by atoms with Crippen molar-refractivity contribution in [2.75, 3.05) is 26.3 Å². The Labute approximate surface area is 176 Å². The average Bonchev–Trinajstić information content (AvgIpc) is 3.14. The van der Waals surface area contributed by atoms with Gasteiger partial charge < -0.3 is 10.1 Å². The fraction of sp³-hybridized carbons (Fsp3) is 0.350. The van der Waals surface area contributed by atoms with Crippen molar-refractivity contribution in [2.45, 2.75) is 19.5 Å². The Balaban J connectivity index is 1.41. The maximum absolute atomic E-state index is 12.8. The molecule has 1 saturated heterocycles. The molecule has 0 saturated carbocycles. The zero-order chi connectivity index (χ0) is 20.2. The minimum absolute atomic E-state index is 0.00297. The Morgan fingerprint density at radius 1 is 1.24 bits per heavy atom. The van der Waals surface area contributed by atoms with Crippen LogP contribution in [0.15, 0.2) is 41.5 Å². The van der Waals surface area contributed by atoms with Gasteiger partial charge in [0.1, 0.15) is 0 Å². The molecule has 7 nitrogen and oxygen atoms in total. The quantitative estimate of drug-likeness (QED) is 0.645. The molecule has 1 fully saturated rings. The number of ether oxygens (including phenoxy) is 1. The van der Waals surface area contributed by atoms with Crippen LogP contribution in [-0.2, 0) is 29.0 Å². The van der Waals surface area contributed by atoms with E-state index < -0.39 is 0 Å². The molecule has 1 aliphatic heterocycles. The van der Waals surface area contributed by atoms with Crippen molar-refractivity contribution < 1.29 is 9.53 Å². The number of morpholine rings is 1. The lowest BCUT2D eigenvalue weighted by Crippen LogP contribution is -2.35. The molecule has 0 spiro atoms. The highest BCUT2D eigenvalue weighted by atomic mass is 35.5. The molecule has 0 aliphatic carbocycles. The van der Waals surface area contributed by atoms with Crippen molar-refractivity contribution in [1.82, 2.24) is 19.6 Å². The first-order valence-corrected chi connectivity index (χ1v) is 10.6. The summed E-state index contributed by atoms with van der Waals surface area (Å²) in [4.78, 5) is 33.5. The third-order valence-corrected chi connectivity index (χ3v) is 6.00. The van der Waals surface area contributed by atoms with E-state index in [-0.39, 0.29) is 17.9 Å². The number of aromatic nitrogens is 2. The van der Waals surface area contributed by atoms with Crippen LogP contribution < -0.4 is 10.9 Å². The zero-order valence-corrected chi connectivity index (χ0v) is 17.3. The Hall–Kier alpha value is -2.26. The van der Waals surface area contributed by atoms with Crippen LogP contribution in [0.2, 0.25) is 5.02 Å². The Morgan fingerprint density at radius 3 is 2.76 bits per heavy atom. The minimum atomic E-state index is -0.220. The molecule has 9 heteroatoms. The molecule has 1 aliphatic rings. The number of hydrogen-bond acceptors (Lipinski definition) is 6. The van der Waals surface area contributed by atoms with E-state index in [1.54, 1.807) is 16.5 Å². The maximum Gasteiger partial charge on any atom is 0.262 e. The first kappa shape index (κ1) is 20.0. The van der Waals surface area contributed by atoms with Crippen LogP contribution >= 0.6 is 22.9 Å². The monoisotopic (exact) mass is 432 g/mol. The molecule has 3 aromatic rings. The van der Waals surface area contributed by atoms with Crippen molar-refractivity contribution in [1.29, 1.82) is 0 Å². The summed E-state index contributed by atoms with van der Waals surface area (Å²) in [7, 11) is 0. The van der Waals surface area contributed by atoms with E-state index in [4.69, 9.17) is 16.3 Å². The predicted octanol–water partition coefficient (Wildman–Crippen LogP) is 2.10. The number of halogens is 1. The number of thiazole rings is 1. The second-order valence-electron chi connectivity index (χ2n) is 6.91. The van der Waals surface area contributed by atoms with Crippen LogP contribution in [0.5, 0.6) is 0 Å². The second kappa shape index (κ2) is 9.04. The van der Waals surface area contributed by atoms with Gasteiger partial charge in [-0.2, -0.15) is 0 Å². The van der Waals surface area contributed by atoms with Gasteiger partial charge in [-0.25, -0.2) is 4.98 Å². The van der Waals surface area contributed by atoms with Crippen LogP contribution in [0.4, 0.5) is 0 Å². The lowest BCUT2D eigenvalue weighted by molar-refractivity contribution is -0.120. The third kappa shape index (κ3) is 5.02. The molecular formula is C20H21ClN4O3S. The number of nitrogens with zero attached hydrogens (tertiary/aromatic N) is 3. The van der Waals surface area contributed by atoms with Gasteiger partial charge in [-0.15, -0.1) is 0 Å². The molecule has 1 N–H and O–H groups in total. The molecular weight excluding hydrogens is 412 g/mol. The first-order valence-electron chi connectivity index (χ1n) is 9.39. The molecule has 0 bridgehead atoms. The maximum atomic E-state index is 12.8. The van der Waals surface area contributed by atoms with Crippen LogP contribution in [0.3, 0.4) is 0 Å². The first-order chi connectivity index (χ1) is 14.1. The fourth-order valence-corrected chi connectivity index (χ4v) is 4.29. The van der Waals surface area contributed by atoms with Crippen LogP contribution in [0, 0.1) is 0 Å². The van der Waals surface area contributed by atoms with Gasteiger partial charge in [0, 0.05) is 54.0 Å². The number of benzene rings is 1. The standard InChI is InChI=1S/C20H21ClN4O3S/c21-16-3-1-14(2-4-16)10-22-18(26)9-15-11-23-20-25(19(15)27)13-17(29-20)12-24-5-7-28-8-6-24/h1-4,11,13H,5-10,12H2,(H,22,26). The molecule has 1 aromatic carbocycles. The zero-order valence-electron chi connectivity index (χ0n) is 15.8. The van der Waals surface area contributed by atoms with Crippen molar-refractivity contribution >= 4 is 33.8 Å². The lowest BCUT2D eigenvalue weighted by Gasteiger charge is -2.25. The largest absolute Gasteiger partial charge is 0.379 e. The highest BCUT2D eigenvalue weighted by molar-refractivity contribution is 7.17. The Bertz CT molecular complexity index is 1060. The number of amides is 1. The molecule has 1 amide bonds. The van der Waals surface area contributed by atoms with E-state index in [1.807, 2.05) is 18.3 Å². The van der Waals surface area contributed by atoms with Gasteiger partial charge in [0.2, 0.25) is 5.91 Å². The number of carbonyl (C=O) groups excluding carboxylic acids is 1. The summed E-state index contributed by atoms with van der Waals surface area (Å²) in [5.41, 5.74) is 1.13. The summed E-state index contributed by atoms with van der Waals surface area (Å²) in [5, 5.41) is 3.48. The van der Waals surface area contributed by atoms with E-state index in [9.17, 15) is 9.59 Å². The van der Waals surface area contributed by atoms with Crippen molar-refractivity contribution in [2.24, 2.45) is 0 Å². The number of rotatable bonds is 6. The molecule has 0 radical (unpaired) electrons. The van der Waals surface area contributed by atoms with E-state index >= 15 is 0 Å². The number of fused-ring (bicyclic) bond motifs is 1. The summed E-state index contributed by atoms with van der Waals surface area (Å²) < 4.78 is 6.92. The van der Waals surface area contributed by atoms with E-state index in [2.05, 4.69) is 15.2 Å². The summed E-state index contributed by atoms with van der Waals surface area (Å²) in [6, 6.07) is 7.26. The van der Waals surface area contributed by atoms with Gasteiger partial charge >= 0.3 is 0 Å². The van der Waals surface area contributed by atoms with E-state index in [1.165, 1.54) is 17.5 Å². The van der Waals surface area contributed by atoms with Crippen molar-refractivity contribution in [3.8, 4) is 0 Å². The van der Waals surface area contributed by atoms with Crippen LogP contribution in [-0.4, -0.2) is 46.5 Å². The number of carbonyl (C=O) groups is 1. The van der Waals surface area contributed by atoms with Crippen molar-refractivity contribution in [3.05, 3.63) is 68.0 Å². The highest BCUT2D eigenvalue weighted by Gasteiger charge is 2.15. The van der Waals surface area contributed by atoms with Gasteiger partial charge in [-0.3, -0.25) is 18.9 Å². The minimum Gasteiger partial charge on any atom is -0.379 e. The fourth-order valence-electron chi connectivity index (χ4n) is 3.18. The summed E-state index contributed by atoms with van der Waals surface area (Å²) in [6.07, 6.45) is 3.34. The Kier molecular flexibility index (Phi) is 6.25. The predicted molar refractivity (Wildman–Crippen MR) is 112 cm³/mol. The average molecular weight is 433 g/mol. The van der Waals surface area contributed by atoms with Gasteiger partial charge in [0.15, 0.2) is 4.96 Å². The Morgan fingerprint density at radius 2 is 2.00 bits per heavy atom. The van der Waals surface area contributed by atoms with Crippen molar-refractivity contribution in [3.63, 3.8) is 0 Å². The summed E-state index contributed by atoms with van der Waals surface area (Å²) in [6.45, 7) is 4.39. The highest BCUT2D eigenvalue weighted by Crippen LogP contribution is 2.17. The summed E-state index contributed by atoms with van der Waals surface area (Å²) in [5.74, 6) is -0.220. The molecule has 0 atom stereocenters. The molecule has 2 aromatic heterocycles. The second-order valence-corrected chi connectivity index (χ2v) is 8.44. The van der Waals surface area contributed by atoms with Gasteiger partial charge in [-0.1, -0.05) is 35.1 Å². The molecule has 29 heavy (non-hydrogen) atoms. The van der Waals surface area contributed by atoms with Crippen LogP contribution in [0.25, 0.3) is 4.96 Å². The number of hydrogen-bond donors (Lipinski definition) is 1. The lowest BCUT2D eigenvalue weighted by atomic mass is 10.2. The van der Waals surface area contributed by atoms with Gasteiger partial charge in [-0.05, 0) is 17.7 Å². The molecule has 152 valence electrons. The van der Waals surface area contributed by atoms with Gasteiger partial charge in [0.25, 0.3) is 5.56 Å². The molecule has 4 rings (SSSR count). The topological polar surface area (TPSA) is 75.9 Å². The van der Waals surface area contributed by atoms with Gasteiger partial charge in [0.05, 0.1) is 19.6 Å². The summed E-state index contributed by atoms with van der Waals surface area (Å²) >= 11 is 7.36. The third-order valence-electron chi connectivity index (χ3n) is 4.76. The smallest absolute Gasteiger partial charge is 0.262 e. The molecule has 0 unspecified atom stereocenters. The van der Waals surface area contributed by atoms with E-state index in [0.29, 0.717) is 22.1 Å².